The van der Waals surface area contributed by atoms with E-state index >= 15 is 0 Å². The van der Waals surface area contributed by atoms with Gasteiger partial charge in [-0.15, -0.1) is 11.3 Å². The number of aromatic nitrogens is 1. The van der Waals surface area contributed by atoms with Gasteiger partial charge >= 0.3 is 0 Å². The molecule has 0 atom stereocenters. The maximum Gasteiger partial charge on any atom is 0.254 e. The fourth-order valence-corrected chi connectivity index (χ4v) is 3.77. The summed E-state index contributed by atoms with van der Waals surface area (Å²) in [6.07, 6.45) is 0. The molecule has 2 aromatic carbocycles. The van der Waals surface area contributed by atoms with Gasteiger partial charge in [0.25, 0.3) is 5.91 Å². The van der Waals surface area contributed by atoms with Crippen molar-refractivity contribution < 1.29 is 19.0 Å². The molecule has 31 heavy (non-hydrogen) atoms. The van der Waals surface area contributed by atoms with Crippen LogP contribution in [0.25, 0.3) is 0 Å². The Kier molecular flexibility index (Phi) is 8.03. The highest BCUT2D eigenvalue weighted by molar-refractivity contribution is 7.09. The molecule has 0 N–H and O–H groups in total. The lowest BCUT2D eigenvalue weighted by molar-refractivity contribution is 0.0678. The molecule has 3 aromatic rings. The van der Waals surface area contributed by atoms with Crippen LogP contribution in [0.5, 0.6) is 11.5 Å². The Morgan fingerprint density at radius 3 is 2.58 bits per heavy atom. The van der Waals surface area contributed by atoms with Gasteiger partial charge in [-0.25, -0.2) is 4.98 Å². The second-order valence-electron chi connectivity index (χ2n) is 7.17. The van der Waals surface area contributed by atoms with E-state index in [0.29, 0.717) is 37.6 Å². The Hall–Kier alpha value is -2.90. The van der Waals surface area contributed by atoms with E-state index in [1.165, 1.54) is 16.9 Å². The zero-order valence-corrected chi connectivity index (χ0v) is 19.2. The third-order valence-corrected chi connectivity index (χ3v) is 5.92. The number of amides is 1. The topological polar surface area (TPSA) is 60.9 Å². The quantitative estimate of drug-likeness (QED) is 0.460. The van der Waals surface area contributed by atoms with Crippen molar-refractivity contribution in [3.8, 4) is 11.5 Å². The van der Waals surface area contributed by atoms with E-state index in [1.807, 2.05) is 17.5 Å². The molecule has 164 valence electrons. The van der Waals surface area contributed by atoms with Gasteiger partial charge in [-0.05, 0) is 55.3 Å². The number of rotatable bonds is 10. The van der Waals surface area contributed by atoms with Crippen molar-refractivity contribution in [2.45, 2.75) is 27.0 Å². The standard InChI is InChI=1S/C24H28N2O4S/c1-17-6-5-7-22(18(17)2)30-15-23-25-20(16-31-23)14-26(12-13-28-3)24(27)19-8-10-21(29-4)11-9-19/h5-11,16H,12-15H2,1-4H3. The number of aryl methyl sites for hydroxylation is 1. The summed E-state index contributed by atoms with van der Waals surface area (Å²) in [7, 11) is 3.23. The van der Waals surface area contributed by atoms with Crippen molar-refractivity contribution in [2.75, 3.05) is 27.4 Å². The number of carbonyl (C=O) groups is 1. The molecule has 0 saturated heterocycles. The van der Waals surface area contributed by atoms with E-state index < -0.39 is 0 Å². The number of hydrogen-bond acceptors (Lipinski definition) is 6. The summed E-state index contributed by atoms with van der Waals surface area (Å²) in [5.41, 5.74) is 3.77. The van der Waals surface area contributed by atoms with Gasteiger partial charge in [0.1, 0.15) is 23.1 Å². The zero-order valence-electron chi connectivity index (χ0n) is 18.4. The smallest absolute Gasteiger partial charge is 0.254 e. The molecule has 0 saturated carbocycles. The van der Waals surface area contributed by atoms with E-state index in [9.17, 15) is 4.79 Å². The molecule has 0 fully saturated rings. The summed E-state index contributed by atoms with van der Waals surface area (Å²) in [6, 6.07) is 13.1. The van der Waals surface area contributed by atoms with Gasteiger partial charge in [-0.3, -0.25) is 4.79 Å². The van der Waals surface area contributed by atoms with Crippen LogP contribution in [0.15, 0.2) is 47.8 Å². The number of carbonyl (C=O) groups excluding carboxylic acids is 1. The van der Waals surface area contributed by atoms with Crippen LogP contribution < -0.4 is 9.47 Å². The molecule has 0 aliphatic carbocycles. The number of nitrogens with zero attached hydrogens (tertiary/aromatic N) is 2. The zero-order chi connectivity index (χ0) is 22.2. The molecule has 6 nitrogen and oxygen atoms in total. The van der Waals surface area contributed by atoms with Crippen molar-refractivity contribution in [3.05, 3.63) is 75.2 Å². The first-order valence-corrected chi connectivity index (χ1v) is 10.9. The molecular formula is C24H28N2O4S. The largest absolute Gasteiger partial charge is 0.497 e. The second-order valence-corrected chi connectivity index (χ2v) is 8.11. The maximum absolute atomic E-state index is 13.0. The summed E-state index contributed by atoms with van der Waals surface area (Å²) in [5.74, 6) is 1.52. The Bertz CT molecular complexity index is 1000. The lowest BCUT2D eigenvalue weighted by atomic mass is 10.1. The Morgan fingerprint density at radius 2 is 1.87 bits per heavy atom. The first kappa shape index (κ1) is 22.8. The van der Waals surface area contributed by atoms with E-state index in [4.69, 9.17) is 14.2 Å². The fraction of sp³-hybridized carbons (Fsp3) is 0.333. The first-order chi connectivity index (χ1) is 15.0. The van der Waals surface area contributed by atoms with Crippen molar-refractivity contribution in [1.29, 1.82) is 0 Å². The molecule has 7 heteroatoms. The Labute approximate surface area is 187 Å². The van der Waals surface area contributed by atoms with E-state index in [-0.39, 0.29) is 5.91 Å². The summed E-state index contributed by atoms with van der Waals surface area (Å²) >= 11 is 1.54. The highest BCUT2D eigenvalue weighted by Gasteiger charge is 2.18. The van der Waals surface area contributed by atoms with E-state index in [1.54, 1.807) is 43.4 Å². The summed E-state index contributed by atoms with van der Waals surface area (Å²) in [4.78, 5) is 19.4. The van der Waals surface area contributed by atoms with Gasteiger partial charge < -0.3 is 19.1 Å². The van der Waals surface area contributed by atoms with E-state index in [0.717, 1.165) is 22.0 Å². The van der Waals surface area contributed by atoms with Gasteiger partial charge in [0.2, 0.25) is 0 Å². The lowest BCUT2D eigenvalue weighted by Crippen LogP contribution is -2.33. The van der Waals surface area contributed by atoms with Crippen LogP contribution in [-0.2, 0) is 17.9 Å². The van der Waals surface area contributed by atoms with Crippen LogP contribution in [0.1, 0.15) is 32.2 Å². The fourth-order valence-electron chi connectivity index (χ4n) is 3.07. The minimum absolute atomic E-state index is 0.0686. The highest BCUT2D eigenvalue weighted by Crippen LogP contribution is 2.23. The molecule has 0 spiro atoms. The number of methoxy groups -OCH3 is 2. The van der Waals surface area contributed by atoms with Gasteiger partial charge in [-0.1, -0.05) is 12.1 Å². The average Bonchev–Trinajstić information content (AvgIpc) is 3.24. The van der Waals surface area contributed by atoms with Gasteiger partial charge in [-0.2, -0.15) is 0 Å². The van der Waals surface area contributed by atoms with Crippen LogP contribution in [0.2, 0.25) is 0 Å². The summed E-state index contributed by atoms with van der Waals surface area (Å²) in [5, 5.41) is 2.85. The lowest BCUT2D eigenvalue weighted by Gasteiger charge is -2.21. The molecule has 0 bridgehead atoms. The third kappa shape index (κ3) is 6.06. The predicted octanol–water partition coefficient (Wildman–Crippen LogP) is 4.64. The molecule has 1 amide bonds. The monoisotopic (exact) mass is 440 g/mol. The van der Waals surface area contributed by atoms with Crippen LogP contribution in [0, 0.1) is 13.8 Å². The minimum Gasteiger partial charge on any atom is -0.497 e. The molecule has 0 aliphatic heterocycles. The van der Waals surface area contributed by atoms with Crippen LogP contribution >= 0.6 is 11.3 Å². The van der Waals surface area contributed by atoms with Gasteiger partial charge in [0.05, 0.1) is 26.0 Å². The Balaban J connectivity index is 1.66. The van der Waals surface area contributed by atoms with Crippen LogP contribution in [0.4, 0.5) is 0 Å². The molecule has 0 aliphatic rings. The number of benzene rings is 2. The summed E-state index contributed by atoms with van der Waals surface area (Å²) in [6.45, 7) is 5.87. The van der Waals surface area contributed by atoms with Crippen molar-refractivity contribution in [3.63, 3.8) is 0 Å². The molecule has 1 heterocycles. The molecule has 3 rings (SSSR count). The molecule has 1 aromatic heterocycles. The number of ether oxygens (including phenoxy) is 3. The SMILES string of the molecule is COCCN(Cc1csc(COc2cccc(C)c2C)n1)C(=O)c1ccc(OC)cc1. The first-order valence-electron chi connectivity index (χ1n) is 10.1. The van der Waals surface area contributed by atoms with Crippen molar-refractivity contribution >= 4 is 17.2 Å². The van der Waals surface area contributed by atoms with Crippen molar-refractivity contribution in [2.24, 2.45) is 0 Å². The minimum atomic E-state index is -0.0686. The van der Waals surface area contributed by atoms with E-state index in [2.05, 4.69) is 24.9 Å². The second kappa shape index (κ2) is 10.9. The van der Waals surface area contributed by atoms with Crippen LogP contribution in [-0.4, -0.2) is 43.2 Å². The molecular weight excluding hydrogens is 412 g/mol. The normalized spacial score (nSPS) is 10.7. The van der Waals surface area contributed by atoms with Crippen LogP contribution in [0.3, 0.4) is 0 Å². The number of hydrogen-bond donors (Lipinski definition) is 0. The summed E-state index contributed by atoms with van der Waals surface area (Å²) < 4.78 is 16.3. The molecule has 0 radical (unpaired) electrons. The maximum atomic E-state index is 13.0. The van der Waals surface area contributed by atoms with Gasteiger partial charge in [0, 0.05) is 24.6 Å². The Morgan fingerprint density at radius 1 is 1.10 bits per heavy atom. The van der Waals surface area contributed by atoms with Gasteiger partial charge in [0.15, 0.2) is 0 Å². The highest BCUT2D eigenvalue weighted by atomic mass is 32.1. The average molecular weight is 441 g/mol. The predicted molar refractivity (Wildman–Crippen MR) is 122 cm³/mol. The molecule has 0 unspecified atom stereocenters. The third-order valence-electron chi connectivity index (χ3n) is 5.05. The van der Waals surface area contributed by atoms with Crippen molar-refractivity contribution in [1.82, 2.24) is 9.88 Å². The number of thiazole rings is 1.